The largest absolute Gasteiger partial charge is 0.439 e. The molecule has 13 nitrogen and oxygen atoms in total. The van der Waals surface area contributed by atoms with Crippen LogP contribution in [0.3, 0.4) is 0 Å². The Kier molecular flexibility index (Phi) is 6.06. The predicted molar refractivity (Wildman–Crippen MR) is 108 cm³/mol. The van der Waals surface area contributed by atoms with Crippen LogP contribution in [0.1, 0.15) is 5.56 Å². The maximum atomic E-state index is 11.1. The first kappa shape index (κ1) is 20.8. The molecule has 156 valence electrons. The minimum absolute atomic E-state index is 0.00366. The van der Waals surface area contributed by atoms with Gasteiger partial charge in [0.25, 0.3) is 11.4 Å². The lowest BCUT2D eigenvalue weighted by molar-refractivity contribution is -0.393. The molecular weight excluding hydrogens is 412 g/mol. The van der Waals surface area contributed by atoms with E-state index < -0.39 is 26.1 Å². The zero-order chi connectivity index (χ0) is 22.4. The van der Waals surface area contributed by atoms with Gasteiger partial charge in [0, 0.05) is 18.2 Å². The van der Waals surface area contributed by atoms with Gasteiger partial charge in [-0.3, -0.25) is 35.8 Å². The van der Waals surface area contributed by atoms with Crippen molar-refractivity contribution in [2.45, 2.75) is 0 Å². The second kappa shape index (κ2) is 9.04. The van der Waals surface area contributed by atoms with Gasteiger partial charge in [-0.1, -0.05) is 0 Å². The van der Waals surface area contributed by atoms with Crippen molar-refractivity contribution >= 4 is 29.0 Å². The molecule has 0 saturated heterocycles. The molecule has 0 unspecified atom stereocenters. The van der Waals surface area contributed by atoms with Crippen molar-refractivity contribution in [3.8, 4) is 11.6 Å². The Hall–Kier alpha value is -4.94. The van der Waals surface area contributed by atoms with Crippen LogP contribution in [-0.4, -0.2) is 26.0 Å². The highest BCUT2D eigenvalue weighted by Gasteiger charge is 2.19. The highest BCUT2D eigenvalue weighted by atomic mass is 16.6. The fourth-order valence-electron chi connectivity index (χ4n) is 2.34. The molecule has 3 rings (SSSR count). The molecule has 31 heavy (non-hydrogen) atoms. The maximum absolute atomic E-state index is 11.1. The number of pyridine rings is 1. The monoisotopic (exact) mass is 424 g/mol. The number of anilines is 1. The summed E-state index contributed by atoms with van der Waals surface area (Å²) in [6, 6.07) is 12.3. The number of aromatic nitrogens is 1. The summed E-state index contributed by atoms with van der Waals surface area (Å²) >= 11 is 0. The van der Waals surface area contributed by atoms with Gasteiger partial charge in [-0.2, -0.15) is 5.10 Å². The Morgan fingerprint density at radius 1 is 0.871 bits per heavy atom. The van der Waals surface area contributed by atoms with Crippen molar-refractivity contribution in [1.82, 2.24) is 4.98 Å². The van der Waals surface area contributed by atoms with Gasteiger partial charge in [-0.15, -0.1) is 0 Å². The third kappa shape index (κ3) is 5.32. The van der Waals surface area contributed by atoms with Crippen molar-refractivity contribution in [1.29, 1.82) is 0 Å². The van der Waals surface area contributed by atoms with Crippen LogP contribution in [-0.2, 0) is 0 Å². The summed E-state index contributed by atoms with van der Waals surface area (Å²) in [7, 11) is 0. The highest BCUT2D eigenvalue weighted by Crippen LogP contribution is 2.29. The molecule has 1 N–H and O–H groups in total. The second-order valence-electron chi connectivity index (χ2n) is 5.87. The van der Waals surface area contributed by atoms with E-state index in [1.54, 1.807) is 24.3 Å². The van der Waals surface area contributed by atoms with E-state index in [9.17, 15) is 30.3 Å². The molecule has 0 aliphatic carbocycles. The Morgan fingerprint density at radius 2 is 1.55 bits per heavy atom. The zero-order valence-electron chi connectivity index (χ0n) is 15.4. The third-order valence-corrected chi connectivity index (χ3v) is 3.82. The Labute approximate surface area is 173 Å². The van der Waals surface area contributed by atoms with Crippen molar-refractivity contribution in [3.05, 3.63) is 96.7 Å². The number of nitrogens with zero attached hydrogens (tertiary/aromatic N) is 5. The van der Waals surface area contributed by atoms with Gasteiger partial charge in [-0.05, 0) is 35.9 Å². The molecular formula is C18H12N6O7. The number of hydrogen-bond acceptors (Lipinski definition) is 10. The van der Waals surface area contributed by atoms with E-state index in [4.69, 9.17) is 4.74 Å². The highest BCUT2D eigenvalue weighted by molar-refractivity contribution is 5.81. The molecule has 1 heterocycles. The lowest BCUT2D eigenvalue weighted by Gasteiger charge is -2.04. The first-order valence-electron chi connectivity index (χ1n) is 8.44. The van der Waals surface area contributed by atoms with Crippen molar-refractivity contribution in [3.63, 3.8) is 0 Å². The molecule has 0 fully saturated rings. The number of nitrogens with one attached hydrogen (secondary N) is 1. The van der Waals surface area contributed by atoms with E-state index in [0.29, 0.717) is 11.3 Å². The molecule has 0 radical (unpaired) electrons. The second-order valence-corrected chi connectivity index (χ2v) is 5.87. The minimum atomic E-state index is -0.747. The molecule has 0 aliphatic rings. The number of nitro benzene ring substituents is 2. The standard InChI is InChI=1S/C18H12N6O7/c25-22(26)13-3-7-16(17(9-13)24(29)30)21-20-10-12-1-5-15(6-2-12)31-18-8-4-14(11-19-18)23(27)28/h1-11,21H/b20-10-. The Morgan fingerprint density at radius 3 is 2.13 bits per heavy atom. The summed E-state index contributed by atoms with van der Waals surface area (Å²) in [5.74, 6) is 0.608. The molecule has 3 aromatic rings. The first-order chi connectivity index (χ1) is 14.8. The molecule has 0 saturated carbocycles. The van der Waals surface area contributed by atoms with E-state index in [-0.39, 0.29) is 17.3 Å². The number of hydrogen-bond donors (Lipinski definition) is 1. The van der Waals surface area contributed by atoms with Gasteiger partial charge in [0.05, 0.1) is 27.1 Å². The molecule has 0 bridgehead atoms. The number of benzene rings is 2. The maximum Gasteiger partial charge on any atom is 0.301 e. The third-order valence-electron chi connectivity index (χ3n) is 3.82. The lowest BCUT2D eigenvalue weighted by Crippen LogP contribution is -1.98. The molecule has 2 aromatic carbocycles. The summed E-state index contributed by atoms with van der Waals surface area (Å²) in [5.41, 5.74) is 2.07. The molecule has 0 atom stereocenters. The summed E-state index contributed by atoms with van der Waals surface area (Å²) in [4.78, 5) is 34.3. The minimum Gasteiger partial charge on any atom is -0.439 e. The van der Waals surface area contributed by atoms with Crippen LogP contribution in [0.15, 0.2) is 65.9 Å². The van der Waals surface area contributed by atoms with E-state index in [1.165, 1.54) is 24.4 Å². The normalized spacial score (nSPS) is 10.6. The van der Waals surface area contributed by atoms with Crippen molar-refractivity contribution in [2.75, 3.05) is 5.43 Å². The van der Waals surface area contributed by atoms with E-state index in [0.717, 1.165) is 18.3 Å². The van der Waals surface area contributed by atoms with Crippen LogP contribution < -0.4 is 10.2 Å². The zero-order valence-corrected chi connectivity index (χ0v) is 15.4. The quantitative estimate of drug-likeness (QED) is 0.317. The summed E-state index contributed by atoms with van der Waals surface area (Å²) in [6.07, 6.45) is 2.47. The topological polar surface area (TPSA) is 176 Å². The average molecular weight is 424 g/mol. The van der Waals surface area contributed by atoms with Gasteiger partial charge in [0.1, 0.15) is 17.6 Å². The fourth-order valence-corrected chi connectivity index (χ4v) is 2.34. The van der Waals surface area contributed by atoms with E-state index in [1.807, 2.05) is 0 Å². The van der Waals surface area contributed by atoms with Gasteiger partial charge < -0.3 is 4.74 Å². The molecule has 1 aromatic heterocycles. The smallest absolute Gasteiger partial charge is 0.301 e. The SMILES string of the molecule is O=[N+]([O-])c1ccc(Oc2ccc(/C=N\Nc3ccc([N+](=O)[O-])cc3[N+](=O)[O-])cc2)nc1. The lowest BCUT2D eigenvalue weighted by atomic mass is 10.2. The van der Waals surface area contributed by atoms with Gasteiger partial charge in [0.15, 0.2) is 0 Å². The van der Waals surface area contributed by atoms with Gasteiger partial charge in [0.2, 0.25) is 5.88 Å². The summed E-state index contributed by atoms with van der Waals surface area (Å²) < 4.78 is 5.49. The first-order valence-corrected chi connectivity index (χ1v) is 8.44. The van der Waals surface area contributed by atoms with Crippen LogP contribution in [0.2, 0.25) is 0 Å². The van der Waals surface area contributed by atoms with Crippen LogP contribution >= 0.6 is 0 Å². The summed E-state index contributed by atoms with van der Waals surface area (Å²) in [5, 5.41) is 36.4. The van der Waals surface area contributed by atoms with E-state index >= 15 is 0 Å². The van der Waals surface area contributed by atoms with Crippen LogP contribution in [0.25, 0.3) is 0 Å². The van der Waals surface area contributed by atoms with Crippen LogP contribution in [0, 0.1) is 30.3 Å². The van der Waals surface area contributed by atoms with E-state index in [2.05, 4.69) is 15.5 Å². The van der Waals surface area contributed by atoms with Crippen molar-refractivity contribution < 1.29 is 19.5 Å². The Bertz CT molecular complexity index is 1160. The number of rotatable bonds is 8. The average Bonchev–Trinajstić information content (AvgIpc) is 2.75. The van der Waals surface area contributed by atoms with Gasteiger partial charge >= 0.3 is 5.69 Å². The molecule has 0 spiro atoms. The molecule has 0 amide bonds. The van der Waals surface area contributed by atoms with Crippen molar-refractivity contribution in [2.24, 2.45) is 5.10 Å². The number of non-ortho nitro benzene ring substituents is 1. The Balaban J connectivity index is 1.65. The predicted octanol–water partition coefficient (Wildman–Crippen LogP) is 4.04. The summed E-state index contributed by atoms with van der Waals surface area (Å²) in [6.45, 7) is 0. The fraction of sp³-hybridized carbons (Fsp3) is 0. The van der Waals surface area contributed by atoms with Gasteiger partial charge in [-0.25, -0.2) is 4.98 Å². The number of ether oxygens (including phenoxy) is 1. The van der Waals surface area contributed by atoms with Crippen LogP contribution in [0.4, 0.5) is 22.7 Å². The number of hydrazone groups is 1. The number of nitro groups is 3. The van der Waals surface area contributed by atoms with Crippen LogP contribution in [0.5, 0.6) is 11.6 Å². The molecule has 0 aliphatic heterocycles. The molecule has 13 heteroatoms.